The molecule has 4 N–H and O–H groups in total. The number of aromatic hydroxyl groups is 1. The first-order valence-corrected chi connectivity index (χ1v) is 12.2. The van der Waals surface area contributed by atoms with Crippen LogP contribution in [0.15, 0.2) is 49.1 Å². The number of amides is 1. The first-order valence-electron chi connectivity index (χ1n) is 12.2. The summed E-state index contributed by atoms with van der Waals surface area (Å²) < 4.78 is 20.2. The van der Waals surface area contributed by atoms with Crippen LogP contribution >= 0.6 is 0 Å². The Labute approximate surface area is 218 Å². The molecule has 1 aromatic carbocycles. The standard InChI is InChI=1S/C26H29FN8O3/c1-34-6-8-35(9-7-34)22(15-38-2)25(37)32-21-5-3-4-18-19(13-29-24(18)21)23-20(27)14-30-26(33-23)31-16-10-17(36)12-28-11-16/h3-5,10-14,22,29,36H,6-9,15H2,1-2H3,(H,32,37)(H,30,31,33)/t22-/m1/s1. The van der Waals surface area contributed by atoms with Crippen LogP contribution in [0.3, 0.4) is 0 Å². The van der Waals surface area contributed by atoms with E-state index in [1.807, 2.05) is 6.07 Å². The van der Waals surface area contributed by atoms with E-state index in [-0.39, 0.29) is 29.9 Å². The Balaban J connectivity index is 1.41. The predicted molar refractivity (Wildman–Crippen MR) is 142 cm³/mol. The van der Waals surface area contributed by atoms with E-state index in [9.17, 15) is 14.3 Å². The summed E-state index contributed by atoms with van der Waals surface area (Å²) in [4.78, 5) is 33.1. The lowest BCUT2D eigenvalue weighted by molar-refractivity contribution is -0.124. The van der Waals surface area contributed by atoms with Crippen LogP contribution in [0.4, 0.5) is 21.7 Å². The number of aromatic nitrogens is 4. The van der Waals surface area contributed by atoms with E-state index < -0.39 is 11.9 Å². The number of hydrogen-bond acceptors (Lipinski definition) is 9. The third-order valence-electron chi connectivity index (χ3n) is 6.56. The van der Waals surface area contributed by atoms with Crippen molar-refractivity contribution in [2.75, 3.05) is 57.6 Å². The van der Waals surface area contributed by atoms with Crippen LogP contribution in [-0.4, -0.2) is 93.7 Å². The monoisotopic (exact) mass is 520 g/mol. The predicted octanol–water partition coefficient (Wildman–Crippen LogP) is 2.81. The normalized spacial score (nSPS) is 15.4. The minimum atomic E-state index is -0.602. The molecule has 1 aliphatic heterocycles. The molecule has 0 saturated carbocycles. The van der Waals surface area contributed by atoms with Crippen molar-refractivity contribution in [3.63, 3.8) is 0 Å². The van der Waals surface area contributed by atoms with Gasteiger partial charge in [-0.1, -0.05) is 12.1 Å². The number of nitrogens with one attached hydrogen (secondary N) is 3. The molecule has 1 atom stereocenters. The van der Waals surface area contributed by atoms with Gasteiger partial charge < -0.3 is 30.4 Å². The Morgan fingerprint density at radius 1 is 1.24 bits per heavy atom. The van der Waals surface area contributed by atoms with Gasteiger partial charge in [-0.2, -0.15) is 0 Å². The Morgan fingerprint density at radius 3 is 2.82 bits per heavy atom. The number of carbonyl (C=O) groups excluding carboxylic acids is 1. The summed E-state index contributed by atoms with van der Waals surface area (Å²) in [6.07, 6.45) is 5.52. The summed E-state index contributed by atoms with van der Waals surface area (Å²) in [7, 11) is 3.65. The quantitative estimate of drug-likeness (QED) is 0.277. The van der Waals surface area contributed by atoms with Crippen molar-refractivity contribution in [2.24, 2.45) is 0 Å². The zero-order chi connectivity index (χ0) is 26.6. The second-order valence-electron chi connectivity index (χ2n) is 9.18. The molecule has 4 heterocycles. The number of ether oxygens (including phenoxy) is 1. The summed E-state index contributed by atoms with van der Waals surface area (Å²) in [5.41, 5.74) is 2.28. The number of halogens is 1. The van der Waals surface area contributed by atoms with Crippen molar-refractivity contribution in [1.29, 1.82) is 0 Å². The number of carbonyl (C=O) groups is 1. The van der Waals surface area contributed by atoms with Gasteiger partial charge >= 0.3 is 0 Å². The van der Waals surface area contributed by atoms with Crippen molar-refractivity contribution in [3.8, 4) is 17.0 Å². The average molecular weight is 521 g/mol. The highest BCUT2D eigenvalue weighted by Gasteiger charge is 2.29. The maximum atomic E-state index is 14.9. The number of methoxy groups -OCH3 is 1. The van der Waals surface area contributed by atoms with E-state index in [1.165, 1.54) is 18.5 Å². The lowest BCUT2D eigenvalue weighted by Crippen LogP contribution is -2.54. The van der Waals surface area contributed by atoms with Gasteiger partial charge in [0.2, 0.25) is 11.9 Å². The molecule has 0 bridgehead atoms. The number of rotatable bonds is 8. The van der Waals surface area contributed by atoms with Gasteiger partial charge in [0.25, 0.3) is 0 Å². The highest BCUT2D eigenvalue weighted by atomic mass is 19.1. The second-order valence-corrected chi connectivity index (χ2v) is 9.18. The van der Waals surface area contributed by atoms with Gasteiger partial charge in [-0.25, -0.2) is 14.4 Å². The van der Waals surface area contributed by atoms with Gasteiger partial charge in [-0.05, 0) is 13.1 Å². The van der Waals surface area contributed by atoms with E-state index in [0.717, 1.165) is 32.4 Å². The van der Waals surface area contributed by atoms with Crippen LogP contribution in [0.1, 0.15) is 0 Å². The number of piperazine rings is 1. The van der Waals surface area contributed by atoms with Crippen molar-refractivity contribution >= 4 is 34.1 Å². The number of para-hydroxylation sites is 1. The molecular formula is C26H29FN8O3. The van der Waals surface area contributed by atoms with E-state index in [1.54, 1.807) is 25.4 Å². The lowest BCUT2D eigenvalue weighted by Gasteiger charge is -2.36. The highest BCUT2D eigenvalue weighted by molar-refractivity contribution is 6.06. The molecule has 1 saturated heterocycles. The number of nitrogens with zero attached hydrogens (tertiary/aromatic N) is 5. The summed E-state index contributed by atoms with van der Waals surface area (Å²) in [5.74, 6) is -0.652. The van der Waals surface area contributed by atoms with Crippen molar-refractivity contribution in [2.45, 2.75) is 6.04 Å². The molecule has 5 rings (SSSR count). The topological polar surface area (TPSA) is 132 Å². The maximum Gasteiger partial charge on any atom is 0.244 e. The minimum Gasteiger partial charge on any atom is -0.506 e. The van der Waals surface area contributed by atoms with Gasteiger partial charge in [0.05, 0.1) is 42.1 Å². The molecule has 0 aliphatic carbocycles. The third-order valence-corrected chi connectivity index (χ3v) is 6.56. The molecule has 1 amide bonds. The molecule has 198 valence electrons. The lowest BCUT2D eigenvalue weighted by atomic mass is 10.1. The maximum absolute atomic E-state index is 14.9. The van der Waals surface area contributed by atoms with Crippen LogP contribution < -0.4 is 10.6 Å². The Bertz CT molecular complexity index is 1440. The van der Waals surface area contributed by atoms with Crippen LogP contribution in [0.5, 0.6) is 5.75 Å². The molecule has 1 fully saturated rings. The van der Waals surface area contributed by atoms with Crippen LogP contribution in [0.25, 0.3) is 22.2 Å². The zero-order valence-electron chi connectivity index (χ0n) is 21.1. The molecule has 12 heteroatoms. The third kappa shape index (κ3) is 5.42. The van der Waals surface area contributed by atoms with Gasteiger partial charge in [0, 0.05) is 56.5 Å². The molecule has 1 aliphatic rings. The molecule has 4 aromatic rings. The number of likely N-dealkylation sites (N-methyl/N-ethyl adjacent to an activating group) is 1. The van der Waals surface area contributed by atoms with Crippen LogP contribution in [0.2, 0.25) is 0 Å². The number of pyridine rings is 1. The molecular weight excluding hydrogens is 491 g/mol. The van der Waals surface area contributed by atoms with Gasteiger partial charge in [0.15, 0.2) is 5.82 Å². The van der Waals surface area contributed by atoms with Crippen molar-refractivity contribution in [3.05, 3.63) is 54.9 Å². The molecule has 0 spiro atoms. The van der Waals surface area contributed by atoms with E-state index in [4.69, 9.17) is 4.74 Å². The fourth-order valence-corrected chi connectivity index (χ4v) is 4.55. The second kappa shape index (κ2) is 11.1. The number of aromatic amines is 1. The Kier molecular flexibility index (Phi) is 7.45. The average Bonchev–Trinajstić information content (AvgIpc) is 3.34. The largest absolute Gasteiger partial charge is 0.506 e. The fraction of sp³-hybridized carbons (Fsp3) is 0.308. The van der Waals surface area contributed by atoms with Gasteiger partial charge in [0.1, 0.15) is 17.5 Å². The van der Waals surface area contributed by atoms with E-state index in [0.29, 0.717) is 27.8 Å². The Hall–Kier alpha value is -4.13. The van der Waals surface area contributed by atoms with Crippen LogP contribution in [0, 0.1) is 5.82 Å². The summed E-state index contributed by atoms with van der Waals surface area (Å²) in [5, 5.41) is 16.3. The zero-order valence-corrected chi connectivity index (χ0v) is 21.1. The van der Waals surface area contributed by atoms with E-state index >= 15 is 0 Å². The fourth-order valence-electron chi connectivity index (χ4n) is 4.55. The number of anilines is 3. The number of hydrogen-bond donors (Lipinski definition) is 4. The summed E-state index contributed by atoms with van der Waals surface area (Å²) in [6.45, 7) is 3.59. The van der Waals surface area contributed by atoms with Gasteiger partial charge in [-0.3, -0.25) is 14.7 Å². The smallest absolute Gasteiger partial charge is 0.244 e. The number of benzene rings is 1. The van der Waals surface area contributed by atoms with Crippen molar-refractivity contribution in [1.82, 2.24) is 29.7 Å². The first kappa shape index (κ1) is 25.5. The van der Waals surface area contributed by atoms with Gasteiger partial charge in [-0.15, -0.1) is 0 Å². The minimum absolute atomic E-state index is 0.0242. The molecule has 0 radical (unpaired) electrons. The van der Waals surface area contributed by atoms with Crippen molar-refractivity contribution < 1.29 is 19.0 Å². The van der Waals surface area contributed by atoms with Crippen LogP contribution in [-0.2, 0) is 9.53 Å². The summed E-state index contributed by atoms with van der Waals surface area (Å²) in [6, 6.07) is 6.45. The SMILES string of the molecule is COC[C@H](C(=O)Nc1cccc2c(-c3nc(Nc4cncc(O)c4)ncc3F)c[nH]c12)N1CCN(C)CC1. The van der Waals surface area contributed by atoms with E-state index in [2.05, 4.69) is 47.4 Å². The molecule has 11 nitrogen and oxygen atoms in total. The Morgan fingerprint density at radius 2 is 2.05 bits per heavy atom. The number of fused-ring (bicyclic) bond motifs is 1. The molecule has 38 heavy (non-hydrogen) atoms. The highest BCUT2D eigenvalue weighted by Crippen LogP contribution is 2.33. The first-order chi connectivity index (χ1) is 18.4. The molecule has 0 unspecified atom stereocenters. The number of H-pyrrole nitrogens is 1. The molecule has 3 aromatic heterocycles. The summed E-state index contributed by atoms with van der Waals surface area (Å²) >= 11 is 0.